The van der Waals surface area contributed by atoms with E-state index in [1.54, 1.807) is 0 Å². The summed E-state index contributed by atoms with van der Waals surface area (Å²) >= 11 is 0. The molecule has 0 unspecified atom stereocenters. The molecule has 1 aliphatic carbocycles. The van der Waals surface area contributed by atoms with E-state index in [0.29, 0.717) is 0 Å². The second-order valence-electron chi connectivity index (χ2n) is 2.75. The SMILES string of the molecule is N[C@H]1C(=O)O[C@H]2C=CC[C@H]21. The lowest BCUT2D eigenvalue weighted by atomic mass is 9.99. The topological polar surface area (TPSA) is 52.3 Å². The third-order valence-corrected chi connectivity index (χ3v) is 2.14. The first-order chi connectivity index (χ1) is 4.79. The zero-order valence-corrected chi connectivity index (χ0v) is 5.49. The molecule has 3 nitrogen and oxygen atoms in total. The molecule has 3 atom stereocenters. The number of ether oxygens (including phenoxy) is 1. The normalized spacial score (nSPS) is 43.7. The summed E-state index contributed by atoms with van der Waals surface area (Å²) in [5.41, 5.74) is 5.55. The van der Waals surface area contributed by atoms with Crippen LogP contribution >= 0.6 is 0 Å². The second kappa shape index (κ2) is 1.83. The second-order valence-corrected chi connectivity index (χ2v) is 2.75. The largest absolute Gasteiger partial charge is 0.457 e. The fourth-order valence-corrected chi connectivity index (χ4v) is 1.51. The number of esters is 1. The van der Waals surface area contributed by atoms with Crippen LogP contribution in [0.4, 0.5) is 0 Å². The summed E-state index contributed by atoms with van der Waals surface area (Å²) in [6.07, 6.45) is 4.79. The van der Waals surface area contributed by atoms with Gasteiger partial charge in [-0.05, 0) is 12.5 Å². The van der Waals surface area contributed by atoms with Crippen LogP contribution in [0.15, 0.2) is 12.2 Å². The predicted octanol–water partition coefficient (Wildman–Crippen LogP) is -0.185. The average molecular weight is 139 g/mol. The molecule has 0 radical (unpaired) electrons. The molecule has 1 heterocycles. The van der Waals surface area contributed by atoms with Gasteiger partial charge >= 0.3 is 5.97 Å². The molecule has 3 heteroatoms. The van der Waals surface area contributed by atoms with Crippen LogP contribution in [-0.2, 0) is 9.53 Å². The van der Waals surface area contributed by atoms with E-state index in [1.807, 2.05) is 12.2 Å². The number of carbonyl (C=O) groups is 1. The van der Waals surface area contributed by atoms with Gasteiger partial charge in [0.1, 0.15) is 12.1 Å². The van der Waals surface area contributed by atoms with Gasteiger partial charge in [0.2, 0.25) is 0 Å². The van der Waals surface area contributed by atoms with E-state index in [9.17, 15) is 4.79 Å². The van der Waals surface area contributed by atoms with Crippen molar-refractivity contribution in [3.05, 3.63) is 12.2 Å². The molecule has 1 fully saturated rings. The summed E-state index contributed by atoms with van der Waals surface area (Å²) < 4.78 is 4.95. The van der Waals surface area contributed by atoms with E-state index in [1.165, 1.54) is 0 Å². The maximum Gasteiger partial charge on any atom is 0.323 e. The van der Waals surface area contributed by atoms with Gasteiger partial charge in [0.05, 0.1) is 0 Å². The van der Waals surface area contributed by atoms with E-state index >= 15 is 0 Å². The quantitative estimate of drug-likeness (QED) is 0.374. The monoisotopic (exact) mass is 139 g/mol. The molecule has 0 amide bonds. The zero-order valence-electron chi connectivity index (χ0n) is 5.49. The Labute approximate surface area is 58.8 Å². The van der Waals surface area contributed by atoms with Crippen molar-refractivity contribution in [2.45, 2.75) is 18.6 Å². The fourth-order valence-electron chi connectivity index (χ4n) is 1.51. The Morgan fingerprint density at radius 3 is 3.20 bits per heavy atom. The van der Waals surface area contributed by atoms with Crippen LogP contribution in [0.1, 0.15) is 6.42 Å². The number of nitrogens with two attached hydrogens (primary N) is 1. The lowest BCUT2D eigenvalue weighted by Gasteiger charge is -2.06. The summed E-state index contributed by atoms with van der Waals surface area (Å²) in [5.74, 6) is -0.0353. The first-order valence-electron chi connectivity index (χ1n) is 3.42. The van der Waals surface area contributed by atoms with Crippen molar-refractivity contribution in [3.8, 4) is 0 Å². The van der Waals surface area contributed by atoms with Gasteiger partial charge in [0.25, 0.3) is 0 Å². The van der Waals surface area contributed by atoms with Crippen molar-refractivity contribution in [3.63, 3.8) is 0 Å². The van der Waals surface area contributed by atoms with Crippen LogP contribution in [0.5, 0.6) is 0 Å². The summed E-state index contributed by atoms with van der Waals surface area (Å²) in [6.45, 7) is 0. The van der Waals surface area contributed by atoms with Gasteiger partial charge < -0.3 is 10.5 Å². The van der Waals surface area contributed by atoms with Crippen LogP contribution < -0.4 is 5.73 Å². The fraction of sp³-hybridized carbons (Fsp3) is 0.571. The maximum absolute atomic E-state index is 10.8. The first-order valence-corrected chi connectivity index (χ1v) is 3.42. The van der Waals surface area contributed by atoms with Crippen molar-refractivity contribution in [1.82, 2.24) is 0 Å². The number of carbonyl (C=O) groups excluding carboxylic acids is 1. The van der Waals surface area contributed by atoms with E-state index in [2.05, 4.69) is 0 Å². The van der Waals surface area contributed by atoms with E-state index in [-0.39, 0.29) is 24.0 Å². The van der Waals surface area contributed by atoms with E-state index in [0.717, 1.165) is 6.42 Å². The minimum Gasteiger partial charge on any atom is -0.457 e. The van der Waals surface area contributed by atoms with Crippen molar-refractivity contribution in [2.24, 2.45) is 11.7 Å². The molecular weight excluding hydrogens is 130 g/mol. The Morgan fingerprint density at radius 1 is 1.70 bits per heavy atom. The molecule has 0 saturated carbocycles. The van der Waals surface area contributed by atoms with Gasteiger partial charge in [0, 0.05) is 5.92 Å². The number of fused-ring (bicyclic) bond motifs is 1. The Balaban J connectivity index is 2.22. The molecular formula is C7H9NO2. The molecule has 1 aliphatic heterocycles. The number of hydrogen-bond acceptors (Lipinski definition) is 3. The number of allylic oxidation sites excluding steroid dienone is 1. The van der Waals surface area contributed by atoms with Crippen LogP contribution in [0.3, 0.4) is 0 Å². The highest BCUT2D eigenvalue weighted by Crippen LogP contribution is 2.30. The third kappa shape index (κ3) is 0.609. The number of rotatable bonds is 0. The molecule has 0 aromatic carbocycles. The van der Waals surface area contributed by atoms with Crippen molar-refractivity contribution >= 4 is 5.97 Å². The van der Waals surface area contributed by atoms with Crippen molar-refractivity contribution < 1.29 is 9.53 Å². The van der Waals surface area contributed by atoms with Crippen molar-refractivity contribution in [1.29, 1.82) is 0 Å². The van der Waals surface area contributed by atoms with E-state index in [4.69, 9.17) is 10.5 Å². The van der Waals surface area contributed by atoms with Crippen LogP contribution in [0.2, 0.25) is 0 Å². The molecule has 0 bridgehead atoms. The van der Waals surface area contributed by atoms with Gasteiger partial charge in [-0.3, -0.25) is 4.79 Å². The van der Waals surface area contributed by atoms with Crippen LogP contribution in [0.25, 0.3) is 0 Å². The number of hydrogen-bond donors (Lipinski definition) is 1. The first kappa shape index (κ1) is 5.92. The molecule has 54 valence electrons. The van der Waals surface area contributed by atoms with Gasteiger partial charge in [-0.15, -0.1) is 0 Å². The standard InChI is InChI=1S/C7H9NO2/c8-6-4-2-1-3-5(4)10-7(6)9/h1,3-6H,2,8H2/t4-,5+,6-/m1/s1. The highest BCUT2D eigenvalue weighted by atomic mass is 16.6. The smallest absolute Gasteiger partial charge is 0.323 e. The molecule has 0 spiro atoms. The van der Waals surface area contributed by atoms with Gasteiger partial charge in [-0.25, -0.2) is 0 Å². The highest BCUT2D eigenvalue weighted by Gasteiger charge is 2.42. The Bertz CT molecular complexity index is 200. The summed E-state index contributed by atoms with van der Waals surface area (Å²) in [6, 6.07) is -0.389. The maximum atomic E-state index is 10.8. The van der Waals surface area contributed by atoms with Gasteiger partial charge in [0.15, 0.2) is 0 Å². The highest BCUT2D eigenvalue weighted by molar-refractivity contribution is 5.79. The molecule has 10 heavy (non-hydrogen) atoms. The lowest BCUT2D eigenvalue weighted by Crippen LogP contribution is -2.32. The molecule has 0 aromatic rings. The molecule has 2 rings (SSSR count). The average Bonchev–Trinajstić information content (AvgIpc) is 2.41. The Kier molecular flexibility index (Phi) is 1.08. The van der Waals surface area contributed by atoms with Gasteiger partial charge in [-0.1, -0.05) is 6.08 Å². The van der Waals surface area contributed by atoms with Gasteiger partial charge in [-0.2, -0.15) is 0 Å². The predicted molar refractivity (Wildman–Crippen MR) is 35.1 cm³/mol. The Morgan fingerprint density at radius 2 is 2.50 bits per heavy atom. The summed E-state index contributed by atoms with van der Waals surface area (Å²) in [7, 11) is 0. The zero-order chi connectivity index (χ0) is 7.14. The van der Waals surface area contributed by atoms with Crippen LogP contribution in [0, 0.1) is 5.92 Å². The van der Waals surface area contributed by atoms with Crippen LogP contribution in [-0.4, -0.2) is 18.1 Å². The van der Waals surface area contributed by atoms with Crippen molar-refractivity contribution in [2.75, 3.05) is 0 Å². The van der Waals surface area contributed by atoms with E-state index < -0.39 is 0 Å². The Hall–Kier alpha value is -0.830. The molecule has 1 saturated heterocycles. The third-order valence-electron chi connectivity index (χ3n) is 2.14. The molecule has 2 N–H and O–H groups in total. The lowest BCUT2D eigenvalue weighted by molar-refractivity contribution is -0.140. The molecule has 0 aromatic heterocycles. The summed E-state index contributed by atoms with van der Waals surface area (Å²) in [5, 5.41) is 0. The minimum absolute atomic E-state index is 0.0255. The summed E-state index contributed by atoms with van der Waals surface area (Å²) in [4.78, 5) is 10.8. The minimum atomic E-state index is -0.389. The molecule has 2 aliphatic rings.